The summed E-state index contributed by atoms with van der Waals surface area (Å²) in [6.45, 7) is 6.88. The monoisotopic (exact) mass is 445 g/mol. The molecule has 0 aliphatic rings. The molecule has 1 heterocycles. The van der Waals surface area contributed by atoms with Crippen LogP contribution in [0.25, 0.3) is 28.1 Å². The first-order chi connectivity index (χ1) is 13.4. The Balaban J connectivity index is 0.00000225. The molecule has 0 unspecified atom stereocenters. The number of halogens is 2. The summed E-state index contributed by atoms with van der Waals surface area (Å²) >= 11 is 0. The predicted molar refractivity (Wildman–Crippen MR) is 131 cm³/mol. The molecule has 0 bridgehead atoms. The zero-order valence-corrected chi connectivity index (χ0v) is 19.1. The summed E-state index contributed by atoms with van der Waals surface area (Å²) in [5.74, 6) is 0.0193. The molecule has 6 heteroatoms. The molecule has 3 aromatic rings. The number of hydrogen-bond donors (Lipinski definition) is 2. The van der Waals surface area contributed by atoms with Gasteiger partial charge in [-0.25, -0.2) is 0 Å². The van der Waals surface area contributed by atoms with E-state index in [2.05, 4.69) is 51.1 Å². The highest BCUT2D eigenvalue weighted by Crippen LogP contribution is 2.34. The molecule has 0 aliphatic heterocycles. The predicted octanol–water partition coefficient (Wildman–Crippen LogP) is 5.21. The van der Waals surface area contributed by atoms with Crippen molar-refractivity contribution in [2.24, 2.45) is 17.4 Å². The average Bonchev–Trinajstić information content (AvgIpc) is 2.65. The number of hydrogen-bond acceptors (Lipinski definition) is 3. The number of aryl methyl sites for hydroxylation is 1. The first-order valence-corrected chi connectivity index (χ1v) is 9.59. The standard InChI is InChI=1S/C24H27N3O.2ClH/c1-15(2)12-22-20(14-25)24(18-8-4-16(3)5-9-18)19-13-17(7-11-23(26)28)6-10-21(19)27-22;;/h4-11,13,15H,12,14,25H2,1-3H3,(H2,26,28);2*1H. The van der Waals surface area contributed by atoms with Gasteiger partial charge in [-0.1, -0.05) is 49.7 Å². The Kier molecular flexibility index (Phi) is 9.50. The van der Waals surface area contributed by atoms with Crippen LogP contribution in [0.15, 0.2) is 48.5 Å². The van der Waals surface area contributed by atoms with Gasteiger partial charge in [0.1, 0.15) is 0 Å². The van der Waals surface area contributed by atoms with E-state index in [0.29, 0.717) is 12.5 Å². The van der Waals surface area contributed by atoms with Gasteiger partial charge in [0.05, 0.1) is 5.52 Å². The van der Waals surface area contributed by atoms with Crippen molar-refractivity contribution >= 4 is 47.7 Å². The quantitative estimate of drug-likeness (QED) is 0.510. The van der Waals surface area contributed by atoms with Crippen molar-refractivity contribution in [2.75, 3.05) is 0 Å². The van der Waals surface area contributed by atoms with Gasteiger partial charge < -0.3 is 11.5 Å². The molecule has 1 aromatic heterocycles. The Morgan fingerprint density at radius 3 is 2.33 bits per heavy atom. The van der Waals surface area contributed by atoms with Crippen LogP contribution in [0.2, 0.25) is 0 Å². The van der Waals surface area contributed by atoms with Crippen LogP contribution < -0.4 is 11.5 Å². The van der Waals surface area contributed by atoms with Crippen LogP contribution >= 0.6 is 24.8 Å². The third-order valence-electron chi connectivity index (χ3n) is 4.78. The number of nitrogens with two attached hydrogens (primary N) is 2. The molecule has 3 rings (SSSR count). The Hall–Kier alpha value is -2.40. The molecule has 0 atom stereocenters. The van der Waals surface area contributed by atoms with Crippen LogP contribution in [0.3, 0.4) is 0 Å². The van der Waals surface area contributed by atoms with Gasteiger partial charge in [-0.15, -0.1) is 24.8 Å². The van der Waals surface area contributed by atoms with E-state index in [9.17, 15) is 4.79 Å². The average molecular weight is 446 g/mol. The Morgan fingerprint density at radius 1 is 1.10 bits per heavy atom. The summed E-state index contributed by atoms with van der Waals surface area (Å²) in [4.78, 5) is 16.0. The minimum absolute atomic E-state index is 0. The molecule has 0 spiro atoms. The summed E-state index contributed by atoms with van der Waals surface area (Å²) in [5, 5.41) is 1.03. The lowest BCUT2D eigenvalue weighted by Gasteiger charge is -2.18. The number of benzene rings is 2. The van der Waals surface area contributed by atoms with Crippen molar-refractivity contribution in [1.82, 2.24) is 4.98 Å². The van der Waals surface area contributed by atoms with Gasteiger partial charge in [0.2, 0.25) is 5.91 Å². The van der Waals surface area contributed by atoms with E-state index >= 15 is 0 Å². The maximum atomic E-state index is 11.1. The summed E-state index contributed by atoms with van der Waals surface area (Å²) in [6, 6.07) is 14.5. The fourth-order valence-corrected chi connectivity index (χ4v) is 3.48. The van der Waals surface area contributed by atoms with E-state index in [1.807, 2.05) is 12.1 Å². The highest BCUT2D eigenvalue weighted by atomic mass is 35.5. The van der Waals surface area contributed by atoms with Gasteiger partial charge in [-0.05, 0) is 59.7 Å². The van der Waals surface area contributed by atoms with Gasteiger partial charge in [0.25, 0.3) is 0 Å². The zero-order chi connectivity index (χ0) is 20.3. The summed E-state index contributed by atoms with van der Waals surface area (Å²) < 4.78 is 0. The highest BCUT2D eigenvalue weighted by Gasteiger charge is 2.17. The molecular formula is C24H29Cl2N3O. The van der Waals surface area contributed by atoms with Crippen molar-refractivity contribution in [1.29, 1.82) is 0 Å². The van der Waals surface area contributed by atoms with Crippen molar-refractivity contribution in [2.45, 2.75) is 33.7 Å². The van der Waals surface area contributed by atoms with Crippen LogP contribution in [0.4, 0.5) is 0 Å². The van der Waals surface area contributed by atoms with E-state index in [1.165, 1.54) is 11.6 Å². The van der Waals surface area contributed by atoms with Crippen LogP contribution in [0.5, 0.6) is 0 Å². The number of amides is 1. The Bertz CT molecular complexity index is 1040. The molecular weight excluding hydrogens is 417 g/mol. The number of carbonyl (C=O) groups excluding carboxylic acids is 1. The fourth-order valence-electron chi connectivity index (χ4n) is 3.48. The van der Waals surface area contributed by atoms with Gasteiger partial charge in [0.15, 0.2) is 0 Å². The fraction of sp³-hybridized carbons (Fsp3) is 0.250. The third kappa shape index (κ3) is 5.82. The SMILES string of the molecule is Cc1ccc(-c2c(CN)c(CC(C)C)nc3ccc(C=CC(N)=O)cc23)cc1.Cl.Cl. The highest BCUT2D eigenvalue weighted by molar-refractivity contribution is 5.98. The van der Waals surface area contributed by atoms with E-state index < -0.39 is 5.91 Å². The third-order valence-corrected chi connectivity index (χ3v) is 4.78. The summed E-state index contributed by atoms with van der Waals surface area (Å²) in [5.41, 5.74) is 18.9. The molecule has 0 saturated heterocycles. The molecule has 0 saturated carbocycles. The largest absolute Gasteiger partial charge is 0.366 e. The van der Waals surface area contributed by atoms with E-state index in [1.54, 1.807) is 6.08 Å². The number of pyridine rings is 1. The van der Waals surface area contributed by atoms with Gasteiger partial charge in [-0.3, -0.25) is 9.78 Å². The molecule has 30 heavy (non-hydrogen) atoms. The van der Waals surface area contributed by atoms with Crippen LogP contribution in [-0.2, 0) is 17.8 Å². The topological polar surface area (TPSA) is 82.0 Å². The van der Waals surface area contributed by atoms with E-state index in [0.717, 1.165) is 45.3 Å². The minimum atomic E-state index is -0.466. The maximum absolute atomic E-state index is 11.1. The van der Waals surface area contributed by atoms with Crippen molar-refractivity contribution in [3.8, 4) is 11.1 Å². The molecule has 160 valence electrons. The summed E-state index contributed by atoms with van der Waals surface area (Å²) in [7, 11) is 0. The molecule has 1 amide bonds. The van der Waals surface area contributed by atoms with Crippen LogP contribution in [0, 0.1) is 12.8 Å². The summed E-state index contributed by atoms with van der Waals surface area (Å²) in [6.07, 6.45) is 3.98. The van der Waals surface area contributed by atoms with Gasteiger partial charge in [-0.2, -0.15) is 0 Å². The van der Waals surface area contributed by atoms with Gasteiger partial charge in [0, 0.05) is 23.7 Å². The second-order valence-electron chi connectivity index (χ2n) is 7.59. The second kappa shape index (κ2) is 11.1. The number of aromatic nitrogens is 1. The smallest absolute Gasteiger partial charge is 0.241 e. The molecule has 0 aliphatic carbocycles. The molecule has 4 nitrogen and oxygen atoms in total. The van der Waals surface area contributed by atoms with E-state index in [-0.39, 0.29) is 24.8 Å². The Morgan fingerprint density at radius 2 is 1.77 bits per heavy atom. The number of rotatable bonds is 6. The molecule has 0 fully saturated rings. The van der Waals surface area contributed by atoms with Crippen molar-refractivity contribution in [3.63, 3.8) is 0 Å². The first kappa shape index (κ1) is 25.6. The lowest BCUT2D eigenvalue weighted by atomic mass is 9.90. The number of nitrogens with zero attached hydrogens (tertiary/aromatic N) is 1. The minimum Gasteiger partial charge on any atom is -0.366 e. The molecule has 2 aromatic carbocycles. The number of carbonyl (C=O) groups is 1. The molecule has 4 N–H and O–H groups in total. The number of primary amides is 1. The first-order valence-electron chi connectivity index (χ1n) is 9.59. The normalized spacial score (nSPS) is 10.8. The lowest BCUT2D eigenvalue weighted by Crippen LogP contribution is -2.10. The van der Waals surface area contributed by atoms with Crippen molar-refractivity contribution in [3.05, 3.63) is 70.9 Å². The second-order valence-corrected chi connectivity index (χ2v) is 7.59. The molecule has 0 radical (unpaired) electrons. The van der Waals surface area contributed by atoms with Gasteiger partial charge >= 0.3 is 0 Å². The number of fused-ring (bicyclic) bond motifs is 1. The Labute approximate surface area is 190 Å². The van der Waals surface area contributed by atoms with Crippen molar-refractivity contribution < 1.29 is 4.79 Å². The maximum Gasteiger partial charge on any atom is 0.241 e. The lowest BCUT2D eigenvalue weighted by molar-refractivity contribution is -0.113. The zero-order valence-electron chi connectivity index (χ0n) is 17.5. The van der Waals surface area contributed by atoms with E-state index in [4.69, 9.17) is 16.5 Å². The van der Waals surface area contributed by atoms with Crippen LogP contribution in [0.1, 0.15) is 36.2 Å². The van der Waals surface area contributed by atoms with Crippen LogP contribution in [-0.4, -0.2) is 10.9 Å².